The van der Waals surface area contributed by atoms with Crippen LogP contribution >= 0.6 is 11.6 Å². The zero-order chi connectivity index (χ0) is 24.3. The molecule has 176 valence electrons. The van der Waals surface area contributed by atoms with Gasteiger partial charge in [-0.25, -0.2) is 13.8 Å². The van der Waals surface area contributed by atoms with Crippen molar-refractivity contribution in [2.45, 2.75) is 37.6 Å². The number of fused-ring (bicyclic) bond motifs is 1. The number of halogens is 7. The maximum absolute atomic E-state index is 14.5. The van der Waals surface area contributed by atoms with Crippen LogP contribution in [-0.4, -0.2) is 23.9 Å². The minimum absolute atomic E-state index is 0.0339. The average Bonchev–Trinajstić information content (AvgIpc) is 3.02. The van der Waals surface area contributed by atoms with Crippen molar-refractivity contribution in [3.05, 3.63) is 70.1 Å². The molecule has 0 N–H and O–H groups in total. The molecule has 0 aliphatic carbocycles. The number of aromatic nitrogens is 1. The van der Waals surface area contributed by atoms with Crippen LogP contribution in [0.15, 0.2) is 36.4 Å². The fraction of sp³-hybridized carbons (Fsp3) is 0.348. The normalized spacial score (nSPS) is 25.6. The van der Waals surface area contributed by atoms with Gasteiger partial charge >= 0.3 is 6.18 Å². The second-order valence-corrected chi connectivity index (χ2v) is 8.51. The molecule has 0 bridgehead atoms. The number of hydrogen-bond donors (Lipinski definition) is 0. The van der Waals surface area contributed by atoms with Gasteiger partial charge in [0.25, 0.3) is 0 Å². The predicted octanol–water partition coefficient (Wildman–Crippen LogP) is 7.13. The molecular formula is C23H18ClF6NO2. The summed E-state index contributed by atoms with van der Waals surface area (Å²) in [6.45, 7) is 2.17. The van der Waals surface area contributed by atoms with Crippen molar-refractivity contribution in [2.24, 2.45) is 5.92 Å². The lowest BCUT2D eigenvalue weighted by Gasteiger charge is -2.32. The molecule has 0 unspecified atom stereocenters. The lowest BCUT2D eigenvalue weighted by Crippen LogP contribution is -2.46. The van der Waals surface area contributed by atoms with Crippen molar-refractivity contribution in [1.29, 1.82) is 0 Å². The van der Waals surface area contributed by atoms with Gasteiger partial charge in [-0.05, 0) is 25.1 Å². The maximum Gasteiger partial charge on any atom is 0.417 e. The summed E-state index contributed by atoms with van der Waals surface area (Å²) in [6.07, 6.45) is -6.22. The summed E-state index contributed by atoms with van der Waals surface area (Å²) < 4.78 is 95.6. The lowest BCUT2D eigenvalue weighted by atomic mass is 9.76. The number of hydrogen-bond acceptors (Lipinski definition) is 3. The van der Waals surface area contributed by atoms with Gasteiger partial charge in [0.1, 0.15) is 17.4 Å². The Hall–Kier alpha value is -2.52. The van der Waals surface area contributed by atoms with Gasteiger partial charge in [-0.1, -0.05) is 36.7 Å². The zero-order valence-corrected chi connectivity index (χ0v) is 18.4. The quantitative estimate of drug-likeness (QED) is 0.367. The second kappa shape index (κ2) is 8.06. The molecule has 10 heteroatoms. The average molecular weight is 490 g/mol. The predicted molar refractivity (Wildman–Crippen MR) is 110 cm³/mol. The third-order valence-electron chi connectivity index (χ3n) is 6.36. The molecule has 3 aromatic rings. The number of nitrogens with zero attached hydrogens (tertiary/aromatic N) is 1. The van der Waals surface area contributed by atoms with Gasteiger partial charge in [-0.3, -0.25) is 0 Å². The third kappa shape index (κ3) is 3.61. The second-order valence-electron chi connectivity index (χ2n) is 8.11. The fourth-order valence-corrected chi connectivity index (χ4v) is 4.67. The van der Waals surface area contributed by atoms with Crippen LogP contribution in [0.25, 0.3) is 10.9 Å². The van der Waals surface area contributed by atoms with Crippen molar-refractivity contribution >= 4 is 22.5 Å². The van der Waals surface area contributed by atoms with Gasteiger partial charge in [0.2, 0.25) is 5.82 Å². The first-order chi connectivity index (χ1) is 15.4. The minimum Gasteiger partial charge on any atom is -0.493 e. The number of pyridine rings is 1. The Balaban J connectivity index is 1.97. The van der Waals surface area contributed by atoms with E-state index in [1.54, 1.807) is 0 Å². The Morgan fingerprint density at radius 1 is 1.09 bits per heavy atom. The molecule has 2 aromatic carbocycles. The number of para-hydroxylation sites is 1. The smallest absolute Gasteiger partial charge is 0.417 e. The number of methoxy groups -OCH3 is 1. The lowest BCUT2D eigenvalue weighted by molar-refractivity contribution is -0.275. The fourth-order valence-electron chi connectivity index (χ4n) is 4.40. The van der Waals surface area contributed by atoms with E-state index in [0.717, 1.165) is 32.2 Å². The summed E-state index contributed by atoms with van der Waals surface area (Å²) in [5.41, 5.74) is -2.92. The molecule has 1 aromatic heterocycles. The summed E-state index contributed by atoms with van der Waals surface area (Å²) in [7, 11) is 1.08. The standard InChI is InChI=1S/C23H18ClF6NO2/c1-10-17(12-7-8-14(25)18(27)20(12)32-3)21(33-22(10,2)23(28,29)30)16-9-13(24)11-5-4-6-15(26)19(11)31-16/h4-10,17,21H,1-3H3/t10-,17-,21-,22+/m0/s1. The Kier molecular flexibility index (Phi) is 5.77. The maximum atomic E-state index is 14.5. The van der Waals surface area contributed by atoms with Crippen LogP contribution in [0.4, 0.5) is 26.3 Å². The van der Waals surface area contributed by atoms with E-state index in [0.29, 0.717) is 0 Å². The highest BCUT2D eigenvalue weighted by molar-refractivity contribution is 6.35. The molecule has 1 aliphatic rings. The summed E-state index contributed by atoms with van der Waals surface area (Å²) in [6, 6.07) is 7.34. The van der Waals surface area contributed by atoms with Gasteiger partial charge in [0.05, 0.1) is 17.8 Å². The molecule has 33 heavy (non-hydrogen) atoms. The Bertz CT molecular complexity index is 1230. The van der Waals surface area contributed by atoms with Gasteiger partial charge in [0.15, 0.2) is 17.2 Å². The topological polar surface area (TPSA) is 31.4 Å². The molecule has 3 nitrogen and oxygen atoms in total. The Morgan fingerprint density at radius 3 is 2.42 bits per heavy atom. The first-order valence-corrected chi connectivity index (χ1v) is 10.3. The molecule has 0 saturated carbocycles. The summed E-state index contributed by atoms with van der Waals surface area (Å²) >= 11 is 6.29. The first kappa shape index (κ1) is 23.6. The highest BCUT2D eigenvalue weighted by Crippen LogP contribution is 2.59. The van der Waals surface area contributed by atoms with Crippen molar-refractivity contribution < 1.29 is 35.8 Å². The molecule has 4 rings (SSSR count). The summed E-state index contributed by atoms with van der Waals surface area (Å²) in [5.74, 6) is -6.26. The van der Waals surface area contributed by atoms with E-state index in [2.05, 4.69) is 4.98 Å². The van der Waals surface area contributed by atoms with Crippen LogP contribution in [0, 0.1) is 23.4 Å². The van der Waals surface area contributed by atoms with Crippen molar-refractivity contribution in [1.82, 2.24) is 4.98 Å². The van der Waals surface area contributed by atoms with Gasteiger partial charge < -0.3 is 9.47 Å². The highest BCUT2D eigenvalue weighted by atomic mass is 35.5. The minimum atomic E-state index is -4.81. The van der Waals surface area contributed by atoms with Crippen LogP contribution in [0.2, 0.25) is 5.02 Å². The molecular weight excluding hydrogens is 472 g/mol. The van der Waals surface area contributed by atoms with E-state index >= 15 is 0 Å². The van der Waals surface area contributed by atoms with Crippen LogP contribution < -0.4 is 4.74 Å². The monoisotopic (exact) mass is 489 g/mol. The van der Waals surface area contributed by atoms with E-state index in [1.165, 1.54) is 25.1 Å². The van der Waals surface area contributed by atoms with Crippen LogP contribution in [-0.2, 0) is 4.74 Å². The van der Waals surface area contributed by atoms with Gasteiger partial charge in [-0.15, -0.1) is 0 Å². The van der Waals surface area contributed by atoms with Crippen molar-refractivity contribution in [3.8, 4) is 5.75 Å². The molecule has 1 saturated heterocycles. The number of alkyl halides is 3. The van der Waals surface area contributed by atoms with Crippen LogP contribution in [0.3, 0.4) is 0 Å². The first-order valence-electron chi connectivity index (χ1n) is 9.91. The zero-order valence-electron chi connectivity index (χ0n) is 17.6. The van der Waals surface area contributed by atoms with Gasteiger partial charge in [0, 0.05) is 22.8 Å². The molecule has 0 radical (unpaired) electrons. The Labute approximate surface area is 190 Å². The van der Waals surface area contributed by atoms with Crippen molar-refractivity contribution in [3.63, 3.8) is 0 Å². The molecule has 0 amide bonds. The number of rotatable bonds is 3. The van der Waals surface area contributed by atoms with E-state index in [4.69, 9.17) is 21.1 Å². The highest BCUT2D eigenvalue weighted by Gasteiger charge is 2.65. The number of benzene rings is 2. The molecule has 1 aliphatic heterocycles. The van der Waals surface area contributed by atoms with Crippen molar-refractivity contribution in [2.75, 3.05) is 7.11 Å². The van der Waals surface area contributed by atoms with Gasteiger partial charge in [-0.2, -0.15) is 17.6 Å². The summed E-state index contributed by atoms with van der Waals surface area (Å²) in [4.78, 5) is 4.21. The summed E-state index contributed by atoms with van der Waals surface area (Å²) in [5, 5.41) is 0.328. The molecule has 0 spiro atoms. The molecule has 2 heterocycles. The number of ether oxygens (including phenoxy) is 2. The SMILES string of the molecule is COc1c([C@H]2[C@H](c3cc(Cl)c4cccc(F)c4n3)O[C@@](C)(C(F)(F)F)[C@H]2C)ccc(F)c1F. The molecule has 4 atom stereocenters. The van der Waals surface area contributed by atoms with E-state index in [9.17, 15) is 26.3 Å². The molecule has 1 fully saturated rings. The Morgan fingerprint density at radius 2 is 1.79 bits per heavy atom. The van der Waals surface area contributed by atoms with E-state index in [1.807, 2.05) is 0 Å². The largest absolute Gasteiger partial charge is 0.493 e. The van der Waals surface area contributed by atoms with Crippen LogP contribution in [0.5, 0.6) is 5.75 Å². The van der Waals surface area contributed by atoms with Crippen LogP contribution in [0.1, 0.15) is 37.1 Å². The van der Waals surface area contributed by atoms with E-state index < -0.39 is 52.9 Å². The third-order valence-corrected chi connectivity index (χ3v) is 6.68. The van der Waals surface area contributed by atoms with E-state index in [-0.39, 0.29) is 27.2 Å².